The number of hydrogen-bond acceptors (Lipinski definition) is 3. The summed E-state index contributed by atoms with van der Waals surface area (Å²) in [4.78, 5) is 11.7. The molecule has 0 saturated carbocycles. The number of carbonyl (C=O) groups excluding carboxylic acids is 1. The zero-order valence-corrected chi connectivity index (χ0v) is 27.5. The van der Waals surface area contributed by atoms with Gasteiger partial charge in [-0.3, -0.25) is 0 Å². The van der Waals surface area contributed by atoms with Crippen molar-refractivity contribution in [2.75, 3.05) is 13.2 Å². The number of unbranched alkanes of at least 4 members (excludes halogenated alkanes) is 27. The molecule has 0 aromatic heterocycles. The van der Waals surface area contributed by atoms with E-state index < -0.39 is 6.16 Å². The van der Waals surface area contributed by atoms with Gasteiger partial charge in [0.05, 0.1) is 13.2 Å². The molecule has 0 unspecified atom stereocenters. The van der Waals surface area contributed by atoms with Crippen LogP contribution >= 0.6 is 0 Å². The first-order valence-electron chi connectivity index (χ1n) is 18.3. The molecule has 0 spiro atoms. The van der Waals surface area contributed by atoms with Gasteiger partial charge in [0.2, 0.25) is 0 Å². The van der Waals surface area contributed by atoms with Gasteiger partial charge in [-0.05, 0) is 38.5 Å². The molecule has 0 rings (SSSR count). The van der Waals surface area contributed by atoms with Crippen molar-refractivity contribution >= 4 is 6.16 Å². The van der Waals surface area contributed by atoms with E-state index in [0.717, 1.165) is 25.7 Å². The summed E-state index contributed by atoms with van der Waals surface area (Å²) < 4.78 is 10.4. The Kier molecular flexibility index (Phi) is 35.1. The van der Waals surface area contributed by atoms with Crippen LogP contribution in [0.5, 0.6) is 0 Å². The molecule has 0 saturated heterocycles. The van der Waals surface area contributed by atoms with Crippen LogP contribution in [0.25, 0.3) is 0 Å². The minimum Gasteiger partial charge on any atom is -0.434 e. The van der Waals surface area contributed by atoms with Crippen LogP contribution in [-0.2, 0) is 9.47 Å². The molecule has 0 aromatic rings. The van der Waals surface area contributed by atoms with Crippen LogP contribution in [0.1, 0.15) is 206 Å². The van der Waals surface area contributed by atoms with Crippen LogP contribution in [0.15, 0.2) is 12.2 Å². The molecule has 40 heavy (non-hydrogen) atoms. The molecule has 0 N–H and O–H groups in total. The van der Waals surface area contributed by atoms with Gasteiger partial charge in [0, 0.05) is 0 Å². The van der Waals surface area contributed by atoms with Gasteiger partial charge in [0.1, 0.15) is 0 Å². The van der Waals surface area contributed by atoms with E-state index in [1.54, 1.807) is 0 Å². The predicted molar refractivity (Wildman–Crippen MR) is 176 cm³/mol. The Hall–Kier alpha value is -0.990. The molecule has 0 amide bonds. The largest absolute Gasteiger partial charge is 0.508 e. The second-order valence-electron chi connectivity index (χ2n) is 12.2. The summed E-state index contributed by atoms with van der Waals surface area (Å²) >= 11 is 0. The number of carbonyl (C=O) groups is 1. The lowest BCUT2D eigenvalue weighted by Gasteiger charge is -2.07. The monoisotopic (exact) mass is 565 g/mol. The van der Waals surface area contributed by atoms with Gasteiger partial charge in [0.15, 0.2) is 0 Å². The van der Waals surface area contributed by atoms with E-state index in [1.807, 2.05) is 0 Å². The van der Waals surface area contributed by atoms with Gasteiger partial charge in [0.25, 0.3) is 0 Å². The fourth-order valence-corrected chi connectivity index (χ4v) is 5.35. The first kappa shape index (κ1) is 39.0. The molecular formula is C37H72O3. The lowest BCUT2D eigenvalue weighted by atomic mass is 10.1. The van der Waals surface area contributed by atoms with Crippen molar-refractivity contribution in [3.63, 3.8) is 0 Å². The summed E-state index contributed by atoms with van der Waals surface area (Å²) in [6.07, 6.45) is 44.0. The second kappa shape index (κ2) is 36.0. The van der Waals surface area contributed by atoms with E-state index in [0.29, 0.717) is 13.2 Å². The second-order valence-corrected chi connectivity index (χ2v) is 12.2. The van der Waals surface area contributed by atoms with Gasteiger partial charge in [-0.25, -0.2) is 4.79 Å². The molecule has 0 aliphatic heterocycles. The molecule has 0 aliphatic carbocycles. The highest BCUT2D eigenvalue weighted by Crippen LogP contribution is 2.14. The molecule has 0 radical (unpaired) electrons. The first-order valence-corrected chi connectivity index (χ1v) is 18.3. The number of allylic oxidation sites excluding steroid dienone is 2. The lowest BCUT2D eigenvalue weighted by Crippen LogP contribution is -2.09. The third-order valence-corrected chi connectivity index (χ3v) is 8.09. The molecule has 3 heteroatoms. The Balaban J connectivity index is 3.17. The molecule has 238 valence electrons. The lowest BCUT2D eigenvalue weighted by molar-refractivity contribution is 0.0529. The van der Waals surface area contributed by atoms with Crippen molar-refractivity contribution in [3.8, 4) is 0 Å². The summed E-state index contributed by atoms with van der Waals surface area (Å²) in [6.45, 7) is 5.57. The summed E-state index contributed by atoms with van der Waals surface area (Å²) in [7, 11) is 0. The van der Waals surface area contributed by atoms with Crippen molar-refractivity contribution in [2.45, 2.75) is 206 Å². The van der Waals surface area contributed by atoms with E-state index in [1.165, 1.54) is 167 Å². The Labute approximate surface area is 252 Å². The van der Waals surface area contributed by atoms with Gasteiger partial charge in [-0.2, -0.15) is 0 Å². The highest BCUT2D eigenvalue weighted by molar-refractivity contribution is 5.59. The molecular weight excluding hydrogens is 492 g/mol. The van der Waals surface area contributed by atoms with Crippen molar-refractivity contribution in [1.82, 2.24) is 0 Å². The van der Waals surface area contributed by atoms with E-state index in [-0.39, 0.29) is 0 Å². The Morgan fingerprint density at radius 1 is 0.375 bits per heavy atom. The van der Waals surface area contributed by atoms with E-state index >= 15 is 0 Å². The Morgan fingerprint density at radius 2 is 0.625 bits per heavy atom. The van der Waals surface area contributed by atoms with Crippen molar-refractivity contribution < 1.29 is 14.3 Å². The third kappa shape index (κ3) is 35.0. The van der Waals surface area contributed by atoms with Gasteiger partial charge < -0.3 is 9.47 Å². The molecule has 0 bridgehead atoms. The highest BCUT2D eigenvalue weighted by Gasteiger charge is 2.03. The number of hydrogen-bond donors (Lipinski definition) is 0. The summed E-state index contributed by atoms with van der Waals surface area (Å²) in [6, 6.07) is 0. The fraction of sp³-hybridized carbons (Fsp3) is 0.919. The van der Waals surface area contributed by atoms with Gasteiger partial charge in [-0.15, -0.1) is 0 Å². The van der Waals surface area contributed by atoms with E-state index in [9.17, 15) is 4.79 Å². The molecule has 3 nitrogen and oxygen atoms in total. The van der Waals surface area contributed by atoms with Crippen LogP contribution in [0.4, 0.5) is 4.79 Å². The van der Waals surface area contributed by atoms with Crippen LogP contribution in [0, 0.1) is 0 Å². The Bertz CT molecular complexity index is 502. The summed E-state index contributed by atoms with van der Waals surface area (Å²) in [5.74, 6) is 0. The summed E-state index contributed by atoms with van der Waals surface area (Å²) in [5.41, 5.74) is 0. The number of rotatable bonds is 33. The SMILES string of the molecule is CCCCCCCCC=CCCCCCCCCCCCCOC(=O)OCCCCCCCCCCCCCC. The quantitative estimate of drug-likeness (QED) is 0.0451. The highest BCUT2D eigenvalue weighted by atomic mass is 16.7. The molecule has 0 aliphatic rings. The minimum atomic E-state index is -0.476. The van der Waals surface area contributed by atoms with E-state index in [2.05, 4.69) is 26.0 Å². The Morgan fingerprint density at radius 3 is 0.925 bits per heavy atom. The van der Waals surface area contributed by atoms with Crippen molar-refractivity contribution in [1.29, 1.82) is 0 Å². The van der Waals surface area contributed by atoms with Crippen molar-refractivity contribution in [2.24, 2.45) is 0 Å². The fourth-order valence-electron chi connectivity index (χ4n) is 5.35. The van der Waals surface area contributed by atoms with Gasteiger partial charge >= 0.3 is 6.16 Å². The molecule has 0 heterocycles. The molecule has 0 aromatic carbocycles. The molecule has 0 fully saturated rings. The van der Waals surface area contributed by atoms with Crippen LogP contribution < -0.4 is 0 Å². The topological polar surface area (TPSA) is 35.5 Å². The zero-order valence-electron chi connectivity index (χ0n) is 27.5. The average Bonchev–Trinajstić information content (AvgIpc) is 2.96. The minimum absolute atomic E-state index is 0.476. The third-order valence-electron chi connectivity index (χ3n) is 8.09. The van der Waals surface area contributed by atoms with Crippen LogP contribution in [0.3, 0.4) is 0 Å². The maximum absolute atomic E-state index is 11.7. The average molecular weight is 565 g/mol. The smallest absolute Gasteiger partial charge is 0.434 e. The van der Waals surface area contributed by atoms with E-state index in [4.69, 9.17) is 9.47 Å². The predicted octanol–water partition coefficient (Wildman–Crippen LogP) is 13.4. The van der Waals surface area contributed by atoms with Crippen molar-refractivity contribution in [3.05, 3.63) is 12.2 Å². The molecule has 0 atom stereocenters. The maximum Gasteiger partial charge on any atom is 0.508 e. The zero-order chi connectivity index (χ0) is 29.0. The van der Waals surface area contributed by atoms with Gasteiger partial charge in [-0.1, -0.05) is 180 Å². The standard InChI is InChI=1S/C37H72O3/c1-3-5-7-9-11-13-15-17-18-19-20-21-22-23-24-26-28-30-32-34-36-40-37(38)39-35-33-31-29-27-25-16-14-12-10-8-6-4-2/h17-18H,3-16,19-36H2,1-2H3. The van der Waals surface area contributed by atoms with Crippen LogP contribution in [-0.4, -0.2) is 19.4 Å². The first-order chi connectivity index (χ1) is 19.8. The normalized spacial score (nSPS) is 11.4. The number of ether oxygens (including phenoxy) is 2. The maximum atomic E-state index is 11.7. The summed E-state index contributed by atoms with van der Waals surface area (Å²) in [5, 5.41) is 0. The van der Waals surface area contributed by atoms with Crippen LogP contribution in [0.2, 0.25) is 0 Å².